The Hall–Kier alpha value is -0.0600. The van der Waals surface area contributed by atoms with Crippen LogP contribution >= 0.6 is 31.9 Å². The summed E-state index contributed by atoms with van der Waals surface area (Å²) < 4.78 is 7.81. The van der Waals surface area contributed by atoms with Crippen LogP contribution in [0.15, 0.2) is 27.1 Å². The molecular formula is C13H17Br2NO. The average molecular weight is 363 g/mol. The number of benzene rings is 1. The molecule has 0 radical (unpaired) electrons. The fraction of sp³-hybridized carbons (Fsp3) is 0.538. The SMILES string of the molecule is Brc1cccc(Br)c1NCCCC1CCCO1. The number of nitrogens with one attached hydrogen (secondary N) is 1. The third kappa shape index (κ3) is 3.97. The number of rotatable bonds is 5. The molecule has 1 aliphatic rings. The highest BCUT2D eigenvalue weighted by Gasteiger charge is 2.14. The monoisotopic (exact) mass is 361 g/mol. The van der Waals surface area contributed by atoms with Crippen molar-refractivity contribution in [1.82, 2.24) is 0 Å². The normalized spacial score (nSPS) is 19.5. The molecule has 0 bridgehead atoms. The zero-order valence-corrected chi connectivity index (χ0v) is 12.9. The minimum atomic E-state index is 0.499. The number of anilines is 1. The second-order valence-corrected chi connectivity index (χ2v) is 6.01. The smallest absolute Gasteiger partial charge is 0.0628 e. The predicted octanol–water partition coefficient (Wildman–Crippen LogP) is 4.58. The van der Waals surface area contributed by atoms with Crippen molar-refractivity contribution in [2.45, 2.75) is 31.8 Å². The van der Waals surface area contributed by atoms with Crippen molar-refractivity contribution in [2.24, 2.45) is 0 Å². The van der Waals surface area contributed by atoms with Crippen molar-refractivity contribution in [3.63, 3.8) is 0 Å². The van der Waals surface area contributed by atoms with Crippen molar-refractivity contribution in [3.05, 3.63) is 27.1 Å². The van der Waals surface area contributed by atoms with E-state index in [4.69, 9.17) is 4.74 Å². The highest BCUT2D eigenvalue weighted by molar-refractivity contribution is 9.11. The summed E-state index contributed by atoms with van der Waals surface area (Å²) in [5.41, 5.74) is 1.14. The molecule has 0 aromatic heterocycles. The second kappa shape index (κ2) is 6.76. The van der Waals surface area contributed by atoms with Gasteiger partial charge in [-0.3, -0.25) is 0 Å². The van der Waals surface area contributed by atoms with E-state index in [-0.39, 0.29) is 0 Å². The van der Waals surface area contributed by atoms with Gasteiger partial charge in [-0.25, -0.2) is 0 Å². The minimum absolute atomic E-state index is 0.499. The molecule has 94 valence electrons. The first-order valence-electron chi connectivity index (χ1n) is 6.07. The molecule has 2 nitrogen and oxygen atoms in total. The summed E-state index contributed by atoms with van der Waals surface area (Å²) in [7, 11) is 0. The van der Waals surface area contributed by atoms with Crippen LogP contribution in [-0.4, -0.2) is 19.3 Å². The van der Waals surface area contributed by atoms with Gasteiger partial charge in [0.15, 0.2) is 0 Å². The summed E-state index contributed by atoms with van der Waals surface area (Å²) in [5.74, 6) is 0. The molecule has 17 heavy (non-hydrogen) atoms. The van der Waals surface area contributed by atoms with Gasteiger partial charge in [-0.05, 0) is 69.7 Å². The molecular weight excluding hydrogens is 346 g/mol. The fourth-order valence-corrected chi connectivity index (χ4v) is 3.36. The molecule has 1 fully saturated rings. The average Bonchev–Trinajstić information content (AvgIpc) is 2.80. The van der Waals surface area contributed by atoms with Gasteiger partial charge in [0.25, 0.3) is 0 Å². The summed E-state index contributed by atoms with van der Waals surface area (Å²) in [6, 6.07) is 6.12. The van der Waals surface area contributed by atoms with E-state index in [1.165, 1.54) is 12.8 Å². The molecule has 1 aromatic carbocycles. The van der Waals surface area contributed by atoms with Gasteiger partial charge in [-0.2, -0.15) is 0 Å². The third-order valence-electron chi connectivity index (χ3n) is 2.99. The lowest BCUT2D eigenvalue weighted by Crippen LogP contribution is -2.09. The van der Waals surface area contributed by atoms with Crippen molar-refractivity contribution < 1.29 is 4.74 Å². The molecule has 2 rings (SSSR count). The van der Waals surface area contributed by atoms with E-state index in [9.17, 15) is 0 Å². The van der Waals surface area contributed by atoms with Crippen molar-refractivity contribution in [1.29, 1.82) is 0 Å². The standard InChI is InChI=1S/C13H17Br2NO/c14-11-6-1-7-12(15)13(11)16-8-2-4-10-5-3-9-17-10/h1,6-7,10,16H,2-5,8-9H2. The Morgan fingerprint density at radius 1 is 1.29 bits per heavy atom. The number of ether oxygens (including phenoxy) is 1. The first-order chi connectivity index (χ1) is 8.27. The van der Waals surface area contributed by atoms with Crippen LogP contribution in [-0.2, 0) is 4.74 Å². The van der Waals surface area contributed by atoms with E-state index in [0.717, 1.165) is 40.6 Å². The molecule has 4 heteroatoms. The topological polar surface area (TPSA) is 21.3 Å². The molecule has 1 aliphatic heterocycles. The minimum Gasteiger partial charge on any atom is -0.383 e. The first kappa shape index (κ1) is 13.4. The molecule has 0 saturated carbocycles. The van der Waals surface area contributed by atoms with E-state index < -0.39 is 0 Å². The van der Waals surface area contributed by atoms with Crippen molar-refractivity contribution in [2.75, 3.05) is 18.5 Å². The molecule has 1 aromatic rings. The molecule has 0 amide bonds. The number of hydrogen-bond acceptors (Lipinski definition) is 2. The van der Waals surface area contributed by atoms with Gasteiger partial charge >= 0.3 is 0 Å². The fourth-order valence-electron chi connectivity index (χ4n) is 2.08. The zero-order valence-electron chi connectivity index (χ0n) is 9.72. The lowest BCUT2D eigenvalue weighted by molar-refractivity contribution is 0.103. The maximum atomic E-state index is 5.61. The molecule has 1 unspecified atom stereocenters. The van der Waals surface area contributed by atoms with E-state index in [1.54, 1.807) is 0 Å². The summed E-state index contributed by atoms with van der Waals surface area (Å²) in [6.45, 7) is 1.94. The Kier molecular flexibility index (Phi) is 5.32. The van der Waals surface area contributed by atoms with Gasteiger partial charge < -0.3 is 10.1 Å². The maximum Gasteiger partial charge on any atom is 0.0628 e. The van der Waals surface area contributed by atoms with Gasteiger partial charge in [0.2, 0.25) is 0 Å². The van der Waals surface area contributed by atoms with Crippen molar-refractivity contribution in [3.8, 4) is 0 Å². The zero-order chi connectivity index (χ0) is 12.1. The highest BCUT2D eigenvalue weighted by atomic mass is 79.9. The molecule has 1 heterocycles. The Labute approximate surface area is 119 Å². The molecule has 0 spiro atoms. The molecule has 0 aliphatic carbocycles. The molecule has 1 atom stereocenters. The van der Waals surface area contributed by atoms with Crippen LogP contribution in [0.25, 0.3) is 0 Å². The number of hydrogen-bond donors (Lipinski definition) is 1. The van der Waals surface area contributed by atoms with Gasteiger partial charge in [0.05, 0.1) is 11.8 Å². The van der Waals surface area contributed by atoms with Crippen LogP contribution in [0.2, 0.25) is 0 Å². The van der Waals surface area contributed by atoms with Gasteiger partial charge in [-0.1, -0.05) is 6.07 Å². The van der Waals surface area contributed by atoms with Gasteiger partial charge in [0.1, 0.15) is 0 Å². The second-order valence-electron chi connectivity index (χ2n) is 4.30. The highest BCUT2D eigenvalue weighted by Crippen LogP contribution is 2.30. The Balaban J connectivity index is 1.74. The van der Waals surface area contributed by atoms with E-state index in [1.807, 2.05) is 18.2 Å². The maximum absolute atomic E-state index is 5.61. The summed E-state index contributed by atoms with van der Waals surface area (Å²) in [4.78, 5) is 0. The van der Waals surface area contributed by atoms with Crippen LogP contribution in [0.4, 0.5) is 5.69 Å². The van der Waals surface area contributed by atoms with Crippen LogP contribution in [0.5, 0.6) is 0 Å². The summed E-state index contributed by atoms with van der Waals surface area (Å²) in [6.07, 6.45) is 5.28. The Morgan fingerprint density at radius 2 is 2.06 bits per heavy atom. The van der Waals surface area contributed by atoms with Gasteiger partial charge in [0, 0.05) is 22.1 Å². The molecule has 1 N–H and O–H groups in total. The Morgan fingerprint density at radius 3 is 2.71 bits per heavy atom. The van der Waals surface area contributed by atoms with Crippen LogP contribution < -0.4 is 5.32 Å². The lowest BCUT2D eigenvalue weighted by atomic mass is 10.1. The summed E-state index contributed by atoms with van der Waals surface area (Å²) in [5, 5.41) is 3.46. The van der Waals surface area contributed by atoms with E-state index in [0.29, 0.717) is 6.10 Å². The quantitative estimate of drug-likeness (QED) is 0.774. The third-order valence-corrected chi connectivity index (χ3v) is 4.31. The van der Waals surface area contributed by atoms with Crippen LogP contribution in [0.1, 0.15) is 25.7 Å². The van der Waals surface area contributed by atoms with E-state index >= 15 is 0 Å². The van der Waals surface area contributed by atoms with Crippen LogP contribution in [0, 0.1) is 0 Å². The lowest BCUT2D eigenvalue weighted by Gasteiger charge is -2.12. The predicted molar refractivity (Wildman–Crippen MR) is 78.5 cm³/mol. The van der Waals surface area contributed by atoms with Crippen LogP contribution in [0.3, 0.4) is 0 Å². The first-order valence-corrected chi connectivity index (χ1v) is 7.65. The van der Waals surface area contributed by atoms with Crippen molar-refractivity contribution >= 4 is 37.5 Å². The number of halogens is 2. The molecule has 1 saturated heterocycles. The van der Waals surface area contributed by atoms with E-state index in [2.05, 4.69) is 37.2 Å². The largest absolute Gasteiger partial charge is 0.383 e. The summed E-state index contributed by atoms with van der Waals surface area (Å²) >= 11 is 7.10. The number of para-hydroxylation sites is 1. The Bertz CT molecular complexity index is 344. The van der Waals surface area contributed by atoms with Gasteiger partial charge in [-0.15, -0.1) is 0 Å².